The third-order valence-corrected chi connectivity index (χ3v) is 5.69. The zero-order valence-corrected chi connectivity index (χ0v) is 14.2. The summed E-state index contributed by atoms with van der Waals surface area (Å²) in [6, 6.07) is 13.4. The van der Waals surface area contributed by atoms with Crippen LogP contribution in [0, 0.1) is 0 Å². The van der Waals surface area contributed by atoms with Gasteiger partial charge in [0, 0.05) is 22.4 Å². The molecular formula is C18H14N2O2S2. The molecule has 4 aromatic rings. The maximum atomic E-state index is 12.3. The summed E-state index contributed by atoms with van der Waals surface area (Å²) in [5.74, 6) is -0.191. The number of rotatable bonds is 4. The van der Waals surface area contributed by atoms with Crippen molar-refractivity contribution in [1.82, 2.24) is 10.3 Å². The Bertz CT molecular complexity index is 1020. The van der Waals surface area contributed by atoms with Crippen LogP contribution in [0.25, 0.3) is 20.3 Å². The fourth-order valence-electron chi connectivity index (χ4n) is 2.65. The van der Waals surface area contributed by atoms with E-state index >= 15 is 0 Å². The smallest absolute Gasteiger partial charge is 0.251 e. The topological polar surface area (TPSA) is 62.2 Å². The molecular weight excluding hydrogens is 340 g/mol. The van der Waals surface area contributed by atoms with E-state index in [0.29, 0.717) is 5.56 Å². The van der Waals surface area contributed by atoms with Crippen LogP contribution in [0.2, 0.25) is 0 Å². The third-order valence-electron chi connectivity index (χ3n) is 3.92. The number of aliphatic hydroxyl groups excluding tert-OH is 1. The van der Waals surface area contributed by atoms with Crippen LogP contribution in [-0.2, 0) is 0 Å². The highest BCUT2D eigenvalue weighted by Crippen LogP contribution is 2.30. The molecule has 4 rings (SSSR count). The SMILES string of the molecule is O=C(NC[C@@H](O)c1csc2ccccc12)c1ccc2ncsc2c1. The Morgan fingerprint density at radius 2 is 2.04 bits per heavy atom. The van der Waals surface area contributed by atoms with E-state index in [1.807, 2.05) is 41.8 Å². The van der Waals surface area contributed by atoms with Gasteiger partial charge in [0.1, 0.15) is 0 Å². The minimum Gasteiger partial charge on any atom is -0.387 e. The van der Waals surface area contributed by atoms with Crippen molar-refractivity contribution in [2.24, 2.45) is 0 Å². The molecule has 1 amide bonds. The molecule has 2 aromatic carbocycles. The Kier molecular flexibility index (Phi) is 4.02. The monoisotopic (exact) mass is 354 g/mol. The number of nitrogens with zero attached hydrogens (tertiary/aromatic N) is 1. The highest BCUT2D eigenvalue weighted by Gasteiger charge is 2.15. The standard InChI is InChI=1S/C18H14N2O2S2/c21-15(13-9-23-16-4-2-1-3-12(13)16)8-19-18(22)11-5-6-14-17(7-11)24-10-20-14/h1-7,9-10,15,21H,8H2,(H,19,22)/t15-/m1/s1. The Labute approximate surface area is 146 Å². The lowest BCUT2D eigenvalue weighted by Gasteiger charge is -2.11. The molecule has 0 aliphatic rings. The summed E-state index contributed by atoms with van der Waals surface area (Å²) in [6.45, 7) is 0.181. The third kappa shape index (κ3) is 2.80. The Morgan fingerprint density at radius 3 is 2.96 bits per heavy atom. The molecule has 0 aliphatic carbocycles. The molecule has 0 fully saturated rings. The lowest BCUT2D eigenvalue weighted by Crippen LogP contribution is -2.28. The van der Waals surface area contributed by atoms with Gasteiger partial charge in [-0.1, -0.05) is 18.2 Å². The molecule has 6 heteroatoms. The molecule has 0 saturated carbocycles. The minimum atomic E-state index is -0.725. The first kappa shape index (κ1) is 15.3. The van der Waals surface area contributed by atoms with Crippen LogP contribution in [-0.4, -0.2) is 22.5 Å². The molecule has 2 N–H and O–H groups in total. The quantitative estimate of drug-likeness (QED) is 0.583. The Balaban J connectivity index is 1.48. The number of aliphatic hydroxyl groups is 1. The number of amides is 1. The van der Waals surface area contributed by atoms with E-state index in [1.54, 1.807) is 22.9 Å². The van der Waals surface area contributed by atoms with Gasteiger partial charge in [-0.15, -0.1) is 22.7 Å². The molecule has 0 saturated heterocycles. The first-order chi connectivity index (χ1) is 11.7. The van der Waals surface area contributed by atoms with E-state index in [4.69, 9.17) is 0 Å². The summed E-state index contributed by atoms with van der Waals surface area (Å²) < 4.78 is 2.11. The fourth-order valence-corrected chi connectivity index (χ4v) is 4.38. The van der Waals surface area contributed by atoms with Gasteiger partial charge in [-0.2, -0.15) is 0 Å². The van der Waals surface area contributed by atoms with Crippen molar-refractivity contribution in [3.63, 3.8) is 0 Å². The average Bonchev–Trinajstić information content (AvgIpc) is 3.25. The molecule has 0 spiro atoms. The van der Waals surface area contributed by atoms with E-state index in [9.17, 15) is 9.90 Å². The number of thiophene rings is 1. The van der Waals surface area contributed by atoms with Gasteiger partial charge < -0.3 is 10.4 Å². The van der Waals surface area contributed by atoms with Crippen molar-refractivity contribution in [1.29, 1.82) is 0 Å². The van der Waals surface area contributed by atoms with Gasteiger partial charge in [-0.3, -0.25) is 4.79 Å². The number of fused-ring (bicyclic) bond motifs is 2. The van der Waals surface area contributed by atoms with Crippen molar-refractivity contribution in [3.8, 4) is 0 Å². The molecule has 0 aliphatic heterocycles. The van der Waals surface area contributed by atoms with Crippen molar-refractivity contribution in [2.45, 2.75) is 6.10 Å². The molecule has 120 valence electrons. The summed E-state index contributed by atoms with van der Waals surface area (Å²) in [5, 5.41) is 16.2. The molecule has 24 heavy (non-hydrogen) atoms. The molecule has 0 unspecified atom stereocenters. The van der Waals surface area contributed by atoms with Crippen molar-refractivity contribution in [2.75, 3.05) is 6.54 Å². The van der Waals surface area contributed by atoms with E-state index in [-0.39, 0.29) is 12.5 Å². The number of aromatic nitrogens is 1. The zero-order valence-electron chi connectivity index (χ0n) is 12.6. The highest BCUT2D eigenvalue weighted by molar-refractivity contribution is 7.17. The predicted molar refractivity (Wildman–Crippen MR) is 98.7 cm³/mol. The van der Waals surface area contributed by atoms with Gasteiger partial charge in [0.15, 0.2) is 0 Å². The predicted octanol–water partition coefficient (Wildman–Crippen LogP) is 3.97. The number of hydrogen-bond donors (Lipinski definition) is 2. The second kappa shape index (κ2) is 6.32. The molecule has 0 radical (unpaired) electrons. The van der Waals surface area contributed by atoms with Crippen LogP contribution < -0.4 is 5.32 Å². The van der Waals surface area contributed by atoms with Crippen LogP contribution in [0.1, 0.15) is 22.0 Å². The van der Waals surface area contributed by atoms with E-state index < -0.39 is 6.10 Å². The maximum Gasteiger partial charge on any atom is 0.251 e. The number of thiazole rings is 1. The normalized spacial score (nSPS) is 12.5. The number of benzene rings is 2. The number of nitrogens with one attached hydrogen (secondary N) is 1. The first-order valence-corrected chi connectivity index (χ1v) is 9.24. The second-order valence-corrected chi connectivity index (χ2v) is 7.25. The average molecular weight is 354 g/mol. The van der Waals surface area contributed by atoms with E-state index in [2.05, 4.69) is 10.3 Å². The first-order valence-electron chi connectivity index (χ1n) is 7.48. The van der Waals surface area contributed by atoms with Gasteiger partial charge in [0.2, 0.25) is 0 Å². The summed E-state index contributed by atoms with van der Waals surface area (Å²) in [4.78, 5) is 16.5. The highest BCUT2D eigenvalue weighted by atomic mass is 32.1. The summed E-state index contributed by atoms with van der Waals surface area (Å²) >= 11 is 3.10. The number of hydrogen-bond acceptors (Lipinski definition) is 5. The summed E-state index contributed by atoms with van der Waals surface area (Å²) in [6.07, 6.45) is -0.725. The van der Waals surface area contributed by atoms with Crippen LogP contribution in [0.5, 0.6) is 0 Å². The summed E-state index contributed by atoms with van der Waals surface area (Å²) in [5.41, 5.74) is 4.09. The lowest BCUT2D eigenvalue weighted by atomic mass is 10.1. The van der Waals surface area contributed by atoms with Crippen molar-refractivity contribution < 1.29 is 9.90 Å². The van der Waals surface area contributed by atoms with Crippen LogP contribution >= 0.6 is 22.7 Å². The second-order valence-electron chi connectivity index (χ2n) is 5.45. The Hall–Kier alpha value is -2.28. The minimum absolute atomic E-state index is 0.181. The lowest BCUT2D eigenvalue weighted by molar-refractivity contribution is 0.0917. The number of carbonyl (C=O) groups is 1. The van der Waals surface area contributed by atoms with Gasteiger partial charge in [-0.25, -0.2) is 4.98 Å². The Morgan fingerprint density at radius 1 is 1.17 bits per heavy atom. The van der Waals surface area contributed by atoms with Gasteiger partial charge in [-0.05, 0) is 35.0 Å². The van der Waals surface area contributed by atoms with E-state index in [1.165, 1.54) is 11.3 Å². The molecule has 2 aromatic heterocycles. The maximum absolute atomic E-state index is 12.3. The molecule has 4 nitrogen and oxygen atoms in total. The molecule has 1 atom stereocenters. The van der Waals surface area contributed by atoms with Gasteiger partial charge in [0.25, 0.3) is 5.91 Å². The zero-order chi connectivity index (χ0) is 16.5. The van der Waals surface area contributed by atoms with Gasteiger partial charge >= 0.3 is 0 Å². The summed E-state index contributed by atoms with van der Waals surface area (Å²) in [7, 11) is 0. The van der Waals surface area contributed by atoms with Crippen molar-refractivity contribution >= 4 is 48.9 Å². The van der Waals surface area contributed by atoms with Crippen LogP contribution in [0.15, 0.2) is 53.4 Å². The van der Waals surface area contributed by atoms with E-state index in [0.717, 1.165) is 25.9 Å². The largest absolute Gasteiger partial charge is 0.387 e. The molecule has 2 heterocycles. The van der Waals surface area contributed by atoms with Crippen LogP contribution in [0.4, 0.5) is 0 Å². The molecule has 0 bridgehead atoms. The fraction of sp³-hybridized carbons (Fsp3) is 0.111. The number of carbonyl (C=O) groups excluding carboxylic acids is 1. The van der Waals surface area contributed by atoms with Gasteiger partial charge in [0.05, 0.1) is 21.8 Å². The van der Waals surface area contributed by atoms with Crippen molar-refractivity contribution in [3.05, 3.63) is 64.5 Å². The van der Waals surface area contributed by atoms with Crippen LogP contribution in [0.3, 0.4) is 0 Å².